The van der Waals surface area contributed by atoms with Crippen LogP contribution in [-0.4, -0.2) is 5.11 Å². The lowest BCUT2D eigenvalue weighted by Gasteiger charge is -2.04. The Kier molecular flexibility index (Phi) is 1.94. The monoisotopic (exact) mass is 197 g/mol. The summed E-state index contributed by atoms with van der Waals surface area (Å²) in [6.45, 7) is -0.228. The van der Waals surface area contributed by atoms with Gasteiger partial charge in [0.25, 0.3) is 0 Å². The number of benzene rings is 1. The third-order valence-corrected chi connectivity index (χ3v) is 2.91. The summed E-state index contributed by atoms with van der Waals surface area (Å²) in [7, 11) is 0. The molecule has 0 spiro atoms. The highest BCUT2D eigenvalue weighted by molar-refractivity contribution is 7.17. The van der Waals surface area contributed by atoms with E-state index in [1.165, 1.54) is 17.4 Å². The van der Waals surface area contributed by atoms with E-state index in [0.717, 1.165) is 0 Å². The number of hydrogen-bond acceptors (Lipinski definition) is 3. The van der Waals surface area contributed by atoms with Crippen LogP contribution in [0.3, 0.4) is 0 Å². The van der Waals surface area contributed by atoms with E-state index in [0.29, 0.717) is 21.3 Å². The number of rotatable bonds is 1. The van der Waals surface area contributed by atoms with Crippen LogP contribution in [-0.2, 0) is 6.61 Å². The zero-order valence-electron chi connectivity index (χ0n) is 6.75. The van der Waals surface area contributed by atoms with Crippen LogP contribution >= 0.6 is 11.3 Å². The van der Waals surface area contributed by atoms with Crippen LogP contribution in [0.1, 0.15) is 5.56 Å². The Balaban J connectivity index is 2.85. The van der Waals surface area contributed by atoms with E-state index in [2.05, 4.69) is 0 Å². The number of aliphatic hydroxyl groups is 1. The lowest BCUT2D eigenvalue weighted by molar-refractivity contribution is 0.282. The van der Waals surface area contributed by atoms with Crippen molar-refractivity contribution in [1.82, 2.24) is 0 Å². The average molecular weight is 197 g/mol. The molecule has 0 radical (unpaired) electrons. The first-order chi connectivity index (χ1) is 6.24. The van der Waals surface area contributed by atoms with Crippen molar-refractivity contribution in [1.29, 1.82) is 0 Å². The molecule has 1 heterocycles. The lowest BCUT2D eigenvalue weighted by Crippen LogP contribution is -1.95. The Hall–Kier alpha value is -1.13. The van der Waals surface area contributed by atoms with Gasteiger partial charge in [0.05, 0.1) is 11.3 Å². The van der Waals surface area contributed by atoms with E-state index < -0.39 is 0 Å². The van der Waals surface area contributed by atoms with Crippen molar-refractivity contribution < 1.29 is 9.50 Å². The van der Waals surface area contributed by atoms with Gasteiger partial charge >= 0.3 is 0 Å². The molecule has 4 heteroatoms. The van der Waals surface area contributed by atoms with Gasteiger partial charge in [0.2, 0.25) is 0 Å². The Labute approximate surface area is 78.4 Å². The second-order valence-corrected chi connectivity index (χ2v) is 3.67. The van der Waals surface area contributed by atoms with E-state index in [4.69, 9.17) is 10.8 Å². The van der Waals surface area contributed by atoms with Crippen LogP contribution in [0.15, 0.2) is 17.5 Å². The van der Waals surface area contributed by atoms with Crippen molar-refractivity contribution in [3.05, 3.63) is 28.9 Å². The Morgan fingerprint density at radius 1 is 1.54 bits per heavy atom. The van der Waals surface area contributed by atoms with Crippen molar-refractivity contribution in [3.63, 3.8) is 0 Å². The molecule has 3 N–H and O–H groups in total. The summed E-state index contributed by atoms with van der Waals surface area (Å²) in [5.41, 5.74) is 6.64. The molecule has 0 saturated carbocycles. The highest BCUT2D eigenvalue weighted by Gasteiger charge is 2.09. The minimum Gasteiger partial charge on any atom is -0.398 e. The average Bonchev–Trinajstić information content (AvgIpc) is 2.60. The summed E-state index contributed by atoms with van der Waals surface area (Å²) in [4.78, 5) is 0. The maximum atomic E-state index is 13.3. The van der Waals surface area contributed by atoms with Gasteiger partial charge < -0.3 is 10.8 Å². The van der Waals surface area contributed by atoms with Crippen LogP contribution in [0.25, 0.3) is 10.1 Å². The van der Waals surface area contributed by atoms with Crippen molar-refractivity contribution in [3.8, 4) is 0 Å². The molecule has 2 aromatic rings. The first-order valence-electron chi connectivity index (χ1n) is 3.79. The number of anilines is 1. The standard InChI is InChI=1S/C9H8FNOS/c10-7-3-5(4-12)8(11)6-1-2-13-9(6)7/h1-3,12H,4,11H2. The number of halogens is 1. The van der Waals surface area contributed by atoms with Crippen LogP contribution < -0.4 is 5.73 Å². The number of fused-ring (bicyclic) bond motifs is 1. The minimum absolute atomic E-state index is 0.228. The van der Waals surface area contributed by atoms with Crippen molar-refractivity contribution >= 4 is 27.1 Å². The lowest BCUT2D eigenvalue weighted by atomic mass is 10.1. The first kappa shape index (κ1) is 8.47. The van der Waals surface area contributed by atoms with Crippen LogP contribution in [0, 0.1) is 5.82 Å². The van der Waals surface area contributed by atoms with Gasteiger partial charge in [0.1, 0.15) is 5.82 Å². The van der Waals surface area contributed by atoms with Crippen LogP contribution in [0.5, 0.6) is 0 Å². The predicted molar refractivity (Wildman–Crippen MR) is 52.1 cm³/mol. The second-order valence-electron chi connectivity index (χ2n) is 2.75. The normalized spacial score (nSPS) is 10.9. The fraction of sp³-hybridized carbons (Fsp3) is 0.111. The molecule has 0 atom stereocenters. The maximum absolute atomic E-state index is 13.3. The molecule has 68 valence electrons. The summed E-state index contributed by atoms with van der Waals surface area (Å²) in [5, 5.41) is 11.4. The van der Waals surface area contributed by atoms with Crippen molar-refractivity contribution in [2.45, 2.75) is 6.61 Å². The summed E-state index contributed by atoms with van der Waals surface area (Å²) in [6.07, 6.45) is 0. The fourth-order valence-electron chi connectivity index (χ4n) is 1.31. The number of thiophene rings is 1. The largest absolute Gasteiger partial charge is 0.398 e. The van der Waals surface area contributed by atoms with Gasteiger partial charge in [0, 0.05) is 16.6 Å². The van der Waals surface area contributed by atoms with Gasteiger partial charge in [-0.3, -0.25) is 0 Å². The Bertz CT molecular complexity index is 452. The molecule has 0 aliphatic carbocycles. The molecule has 2 rings (SSSR count). The quantitative estimate of drug-likeness (QED) is 0.688. The summed E-state index contributed by atoms with van der Waals surface area (Å²) in [5.74, 6) is -0.316. The molecule has 0 aliphatic rings. The zero-order valence-corrected chi connectivity index (χ0v) is 7.57. The van der Waals surface area contributed by atoms with Crippen molar-refractivity contribution in [2.75, 3.05) is 5.73 Å². The molecule has 0 amide bonds. The van der Waals surface area contributed by atoms with Gasteiger partial charge in [-0.15, -0.1) is 11.3 Å². The fourth-order valence-corrected chi connectivity index (χ4v) is 2.12. The number of aliphatic hydroxyl groups excluding tert-OH is 1. The molecule has 1 aromatic carbocycles. The molecule has 0 saturated heterocycles. The van der Waals surface area contributed by atoms with E-state index in [1.54, 1.807) is 11.4 Å². The molecular weight excluding hydrogens is 189 g/mol. The first-order valence-corrected chi connectivity index (χ1v) is 4.67. The molecule has 1 aromatic heterocycles. The Morgan fingerprint density at radius 3 is 3.00 bits per heavy atom. The molecular formula is C9H8FNOS. The van der Waals surface area contributed by atoms with E-state index >= 15 is 0 Å². The highest BCUT2D eigenvalue weighted by Crippen LogP contribution is 2.31. The summed E-state index contributed by atoms with van der Waals surface area (Å²) < 4.78 is 13.8. The highest BCUT2D eigenvalue weighted by atomic mass is 32.1. The van der Waals surface area contributed by atoms with Gasteiger partial charge in [-0.2, -0.15) is 0 Å². The van der Waals surface area contributed by atoms with Gasteiger partial charge in [-0.05, 0) is 17.5 Å². The molecule has 0 fully saturated rings. The molecule has 0 aliphatic heterocycles. The molecule has 13 heavy (non-hydrogen) atoms. The minimum atomic E-state index is -0.316. The molecule has 2 nitrogen and oxygen atoms in total. The maximum Gasteiger partial charge on any atom is 0.141 e. The number of hydrogen-bond donors (Lipinski definition) is 2. The summed E-state index contributed by atoms with van der Waals surface area (Å²) in [6, 6.07) is 3.05. The van der Waals surface area contributed by atoms with E-state index in [9.17, 15) is 4.39 Å². The van der Waals surface area contributed by atoms with E-state index in [1.807, 2.05) is 0 Å². The smallest absolute Gasteiger partial charge is 0.141 e. The number of nitrogens with two attached hydrogens (primary N) is 1. The predicted octanol–water partition coefficient (Wildman–Crippen LogP) is 2.11. The SMILES string of the molecule is Nc1c(CO)cc(F)c2sccc12. The van der Waals surface area contributed by atoms with Crippen LogP contribution in [0.2, 0.25) is 0 Å². The molecule has 0 unspecified atom stereocenters. The van der Waals surface area contributed by atoms with Gasteiger partial charge in [-0.25, -0.2) is 4.39 Å². The third kappa shape index (κ3) is 1.18. The Morgan fingerprint density at radius 2 is 2.31 bits per heavy atom. The zero-order chi connectivity index (χ0) is 9.42. The third-order valence-electron chi connectivity index (χ3n) is 1.99. The second kappa shape index (κ2) is 2.97. The van der Waals surface area contributed by atoms with E-state index in [-0.39, 0.29) is 12.4 Å². The topological polar surface area (TPSA) is 46.2 Å². The van der Waals surface area contributed by atoms with Crippen LogP contribution in [0.4, 0.5) is 10.1 Å². The number of nitrogen functional groups attached to an aromatic ring is 1. The van der Waals surface area contributed by atoms with Gasteiger partial charge in [-0.1, -0.05) is 0 Å². The summed E-state index contributed by atoms with van der Waals surface area (Å²) >= 11 is 1.31. The molecule has 0 bridgehead atoms. The van der Waals surface area contributed by atoms with Crippen molar-refractivity contribution in [2.24, 2.45) is 0 Å². The van der Waals surface area contributed by atoms with Gasteiger partial charge in [0.15, 0.2) is 0 Å².